The van der Waals surface area contributed by atoms with Crippen molar-refractivity contribution in [2.75, 3.05) is 19.7 Å². The van der Waals surface area contributed by atoms with E-state index in [1.807, 2.05) is 24.3 Å². The highest BCUT2D eigenvalue weighted by Crippen LogP contribution is 2.31. The number of ether oxygens (including phenoxy) is 1. The number of rotatable bonds is 4. The molecule has 3 aromatic rings. The van der Waals surface area contributed by atoms with Gasteiger partial charge in [0.1, 0.15) is 18.1 Å². The summed E-state index contributed by atoms with van der Waals surface area (Å²) in [6.45, 7) is 5.26. The number of likely N-dealkylation sites (tertiary alicyclic amines) is 1. The van der Waals surface area contributed by atoms with Crippen molar-refractivity contribution in [1.29, 1.82) is 0 Å². The van der Waals surface area contributed by atoms with Crippen LogP contribution in [-0.2, 0) is 9.53 Å². The molecule has 2 aliphatic heterocycles. The van der Waals surface area contributed by atoms with Crippen LogP contribution in [0.1, 0.15) is 28.5 Å². The third-order valence-electron chi connectivity index (χ3n) is 6.32. The van der Waals surface area contributed by atoms with Crippen molar-refractivity contribution in [3.63, 3.8) is 0 Å². The lowest BCUT2D eigenvalue weighted by Crippen LogP contribution is -2.60. The van der Waals surface area contributed by atoms with E-state index in [0.29, 0.717) is 25.2 Å². The predicted octanol–water partition coefficient (Wildman–Crippen LogP) is 2.84. The van der Waals surface area contributed by atoms with E-state index >= 15 is 0 Å². The number of amides is 2. The van der Waals surface area contributed by atoms with Crippen molar-refractivity contribution in [1.82, 2.24) is 19.8 Å². The number of morpholine rings is 1. The molecule has 7 nitrogen and oxygen atoms in total. The number of nitrogens with one attached hydrogen (secondary N) is 1. The van der Waals surface area contributed by atoms with Gasteiger partial charge in [-0.25, -0.2) is 9.37 Å². The molecule has 3 heterocycles. The first-order valence-corrected chi connectivity index (χ1v) is 10.9. The quantitative estimate of drug-likeness (QED) is 0.624. The van der Waals surface area contributed by atoms with Gasteiger partial charge >= 0.3 is 0 Å². The Bertz CT molecular complexity index is 1180. The van der Waals surface area contributed by atoms with Gasteiger partial charge in [0, 0.05) is 13.1 Å². The van der Waals surface area contributed by atoms with E-state index < -0.39 is 6.04 Å². The molecule has 2 fully saturated rings. The second-order valence-corrected chi connectivity index (χ2v) is 8.36. The highest BCUT2D eigenvalue weighted by atomic mass is 19.1. The maximum absolute atomic E-state index is 13.4. The van der Waals surface area contributed by atoms with E-state index in [9.17, 15) is 14.0 Å². The van der Waals surface area contributed by atoms with E-state index in [0.717, 1.165) is 16.7 Å². The van der Waals surface area contributed by atoms with Crippen LogP contribution in [0, 0.1) is 12.7 Å². The molecule has 0 saturated carbocycles. The molecule has 0 aliphatic carbocycles. The number of imidazole rings is 1. The topological polar surface area (TPSA) is 76.5 Å². The lowest BCUT2D eigenvalue weighted by atomic mass is 9.95. The zero-order valence-corrected chi connectivity index (χ0v) is 18.0. The summed E-state index contributed by atoms with van der Waals surface area (Å²) in [6.07, 6.45) is 3.58. The van der Waals surface area contributed by atoms with Crippen LogP contribution in [0.15, 0.2) is 61.1 Å². The van der Waals surface area contributed by atoms with Crippen LogP contribution in [-0.4, -0.2) is 58.1 Å². The fourth-order valence-electron chi connectivity index (χ4n) is 4.58. The molecule has 2 saturated heterocycles. The van der Waals surface area contributed by atoms with Gasteiger partial charge in [-0.15, -0.1) is 0 Å². The number of carbonyl (C=O) groups is 2. The number of hydrogen-bond acceptors (Lipinski definition) is 4. The van der Waals surface area contributed by atoms with Crippen LogP contribution in [0.25, 0.3) is 11.1 Å². The molecule has 170 valence electrons. The third kappa shape index (κ3) is 4.14. The Kier molecular flexibility index (Phi) is 5.68. The fourth-order valence-corrected chi connectivity index (χ4v) is 4.58. The van der Waals surface area contributed by atoms with Gasteiger partial charge in [-0.1, -0.05) is 42.4 Å². The molecule has 2 amide bonds. The SMILES string of the molecule is [CH2-]C(c1ccccc1-c1ccc(F)cc1)n1cncc1C(=O)N1CCC2NC(=O)COC2C1. The molecule has 0 bridgehead atoms. The van der Waals surface area contributed by atoms with Gasteiger partial charge in [-0.3, -0.25) is 9.59 Å². The second kappa shape index (κ2) is 8.78. The van der Waals surface area contributed by atoms with E-state index in [4.69, 9.17) is 4.74 Å². The fraction of sp³-hybridized carbons (Fsp3) is 0.280. The molecular formula is C25H24FN4O3-. The molecule has 33 heavy (non-hydrogen) atoms. The number of nitrogens with zero attached hydrogens (tertiary/aromatic N) is 3. The number of carbonyl (C=O) groups excluding carboxylic acids is 2. The van der Waals surface area contributed by atoms with E-state index in [-0.39, 0.29) is 36.4 Å². The molecule has 0 radical (unpaired) electrons. The van der Waals surface area contributed by atoms with Gasteiger partial charge in [0.2, 0.25) is 5.91 Å². The Labute approximate surface area is 191 Å². The van der Waals surface area contributed by atoms with Crippen molar-refractivity contribution in [3.8, 4) is 11.1 Å². The van der Waals surface area contributed by atoms with Crippen LogP contribution >= 0.6 is 0 Å². The molecule has 2 aliphatic rings. The van der Waals surface area contributed by atoms with Gasteiger partial charge in [0.15, 0.2) is 0 Å². The van der Waals surface area contributed by atoms with Crippen molar-refractivity contribution < 1.29 is 18.7 Å². The molecular weight excluding hydrogens is 423 g/mol. The van der Waals surface area contributed by atoms with Crippen molar-refractivity contribution >= 4 is 11.8 Å². The summed E-state index contributed by atoms with van der Waals surface area (Å²) < 4.78 is 20.8. The second-order valence-electron chi connectivity index (χ2n) is 8.36. The summed E-state index contributed by atoms with van der Waals surface area (Å²) in [7, 11) is 0. The summed E-state index contributed by atoms with van der Waals surface area (Å²) in [4.78, 5) is 30.9. The van der Waals surface area contributed by atoms with Crippen LogP contribution < -0.4 is 5.32 Å². The Morgan fingerprint density at radius 1 is 1.21 bits per heavy atom. The first kappa shape index (κ1) is 21.3. The molecule has 1 aromatic heterocycles. The van der Waals surface area contributed by atoms with E-state index in [2.05, 4.69) is 17.2 Å². The highest BCUT2D eigenvalue weighted by Gasteiger charge is 2.37. The van der Waals surface area contributed by atoms with Gasteiger partial charge in [0.25, 0.3) is 5.91 Å². The van der Waals surface area contributed by atoms with Gasteiger partial charge in [0.05, 0.1) is 24.7 Å². The first-order valence-electron chi connectivity index (χ1n) is 10.9. The zero-order valence-electron chi connectivity index (χ0n) is 18.0. The Morgan fingerprint density at radius 2 is 2.00 bits per heavy atom. The van der Waals surface area contributed by atoms with Crippen molar-refractivity contribution in [3.05, 3.63) is 85.1 Å². The minimum atomic E-state index is -0.421. The summed E-state index contributed by atoms with van der Waals surface area (Å²) >= 11 is 0. The van der Waals surface area contributed by atoms with Crippen molar-refractivity contribution in [2.45, 2.75) is 24.6 Å². The summed E-state index contributed by atoms with van der Waals surface area (Å²) in [5.41, 5.74) is 3.11. The molecule has 8 heteroatoms. The predicted molar refractivity (Wildman–Crippen MR) is 120 cm³/mol. The number of hydrogen-bond donors (Lipinski definition) is 1. The molecule has 1 N–H and O–H groups in total. The molecule has 2 aromatic carbocycles. The van der Waals surface area contributed by atoms with Crippen molar-refractivity contribution in [2.24, 2.45) is 0 Å². The number of fused-ring (bicyclic) bond motifs is 1. The maximum atomic E-state index is 13.4. The van der Waals surface area contributed by atoms with E-state index in [1.165, 1.54) is 12.1 Å². The number of piperidine rings is 1. The highest BCUT2D eigenvalue weighted by molar-refractivity contribution is 5.92. The Balaban J connectivity index is 1.40. The third-order valence-corrected chi connectivity index (χ3v) is 6.32. The van der Waals surface area contributed by atoms with Crippen LogP contribution in [0.5, 0.6) is 0 Å². The van der Waals surface area contributed by atoms with Gasteiger partial charge < -0.3 is 26.4 Å². The Morgan fingerprint density at radius 3 is 2.82 bits per heavy atom. The smallest absolute Gasteiger partial charge is 0.272 e. The average molecular weight is 447 g/mol. The monoisotopic (exact) mass is 447 g/mol. The van der Waals surface area contributed by atoms with Gasteiger partial charge in [-0.05, 0) is 35.2 Å². The molecule has 0 spiro atoms. The minimum absolute atomic E-state index is 0.0161. The minimum Gasteiger partial charge on any atom is -0.364 e. The van der Waals surface area contributed by atoms with Crippen LogP contribution in [0.4, 0.5) is 4.39 Å². The van der Waals surface area contributed by atoms with Crippen LogP contribution in [0.2, 0.25) is 0 Å². The van der Waals surface area contributed by atoms with Gasteiger partial charge in [-0.2, -0.15) is 0 Å². The molecule has 3 atom stereocenters. The standard InChI is InChI=1S/C25H24FN4O3/c1-16(19-4-2-3-5-20(19)17-6-8-18(26)9-7-17)30-15-27-12-22(30)25(32)29-11-10-21-23(13-29)33-14-24(31)28-21/h2-9,12,15-16,21,23H,1,10-11,13-14H2,(H,28,31)/q-1. The zero-order chi connectivity index (χ0) is 22.9. The summed E-state index contributed by atoms with van der Waals surface area (Å²) in [5, 5.41) is 2.94. The maximum Gasteiger partial charge on any atom is 0.272 e. The largest absolute Gasteiger partial charge is 0.364 e. The number of halogens is 1. The number of aromatic nitrogens is 2. The Hall–Kier alpha value is -3.52. The lowest BCUT2D eigenvalue weighted by molar-refractivity contribution is -0.139. The van der Waals surface area contributed by atoms with Crippen LogP contribution in [0.3, 0.4) is 0 Å². The summed E-state index contributed by atoms with van der Waals surface area (Å²) in [6, 6.07) is 13.6. The summed E-state index contributed by atoms with van der Waals surface area (Å²) in [5.74, 6) is -0.566. The average Bonchev–Trinajstić information content (AvgIpc) is 3.33. The first-order chi connectivity index (χ1) is 16.0. The molecule has 3 unspecified atom stereocenters. The number of benzene rings is 2. The normalized spacial score (nSPS) is 21.3. The van der Waals surface area contributed by atoms with E-state index in [1.54, 1.807) is 34.1 Å². The lowest BCUT2D eigenvalue weighted by Gasteiger charge is -2.41. The molecule has 5 rings (SSSR count).